The van der Waals surface area contributed by atoms with E-state index in [2.05, 4.69) is 15.5 Å². The second kappa shape index (κ2) is 6.79. The number of hydrogen-bond acceptors (Lipinski definition) is 6. The van der Waals surface area contributed by atoms with Gasteiger partial charge in [0, 0.05) is 30.4 Å². The fourth-order valence-corrected chi connectivity index (χ4v) is 3.36. The van der Waals surface area contributed by atoms with Crippen molar-refractivity contribution in [1.82, 2.24) is 10.3 Å². The van der Waals surface area contributed by atoms with E-state index in [1.54, 1.807) is 0 Å². The fraction of sp³-hybridized carbons (Fsp3) is 0.375. The number of nitrogens with zero attached hydrogens (tertiary/aromatic N) is 2. The lowest BCUT2D eigenvalue weighted by Gasteiger charge is -2.20. The smallest absolute Gasteiger partial charge is 0.328 e. The third-order valence-electron chi connectivity index (χ3n) is 4.29. The Labute approximate surface area is 137 Å². The number of hydrogen-bond donors (Lipinski definition) is 3. The van der Waals surface area contributed by atoms with Crippen molar-refractivity contribution in [2.45, 2.75) is 31.0 Å². The molecule has 0 unspecified atom stereocenters. The first-order valence-corrected chi connectivity index (χ1v) is 7.61. The van der Waals surface area contributed by atoms with Gasteiger partial charge in [-0.25, -0.2) is 9.59 Å². The molecule has 3 aliphatic rings. The number of carboxylic acid groups (broad SMARTS) is 2. The quantitative estimate of drug-likeness (QED) is 0.695. The predicted molar refractivity (Wildman–Crippen MR) is 83.5 cm³/mol. The molecule has 4 heterocycles. The van der Waals surface area contributed by atoms with Gasteiger partial charge in [-0.2, -0.15) is 0 Å². The van der Waals surface area contributed by atoms with Crippen molar-refractivity contribution in [3.63, 3.8) is 0 Å². The maximum atomic E-state index is 9.55. The Hall–Kier alpha value is -2.74. The fourth-order valence-electron chi connectivity index (χ4n) is 3.36. The van der Waals surface area contributed by atoms with E-state index in [0.29, 0.717) is 30.2 Å². The number of nitrogens with one attached hydrogen (secondary N) is 1. The molecule has 2 fully saturated rings. The average Bonchev–Trinajstić information content (AvgIpc) is 3.27. The number of carbonyl (C=O) groups is 2. The van der Waals surface area contributed by atoms with E-state index in [1.807, 2.05) is 24.4 Å². The van der Waals surface area contributed by atoms with Gasteiger partial charge in [-0.3, -0.25) is 4.98 Å². The summed E-state index contributed by atoms with van der Waals surface area (Å²) in [7, 11) is 0. The molecule has 8 heteroatoms. The summed E-state index contributed by atoms with van der Waals surface area (Å²) in [4.78, 5) is 29.0. The van der Waals surface area contributed by atoms with Crippen LogP contribution < -0.4 is 5.32 Å². The highest BCUT2D eigenvalue weighted by Gasteiger charge is 2.54. The van der Waals surface area contributed by atoms with Gasteiger partial charge < -0.3 is 20.4 Å². The van der Waals surface area contributed by atoms with Gasteiger partial charge in [0.2, 0.25) is 0 Å². The molecule has 4 atom stereocenters. The minimum absolute atomic E-state index is 0.246. The first-order valence-electron chi connectivity index (χ1n) is 7.61. The number of pyridine rings is 1. The van der Waals surface area contributed by atoms with E-state index >= 15 is 0 Å². The largest absolute Gasteiger partial charge is 0.478 e. The van der Waals surface area contributed by atoms with E-state index in [1.165, 1.54) is 12.8 Å². The van der Waals surface area contributed by atoms with Crippen LogP contribution in [-0.2, 0) is 14.4 Å². The van der Waals surface area contributed by atoms with E-state index in [9.17, 15) is 9.59 Å². The number of fused-ring (bicyclic) bond motifs is 5. The van der Waals surface area contributed by atoms with Gasteiger partial charge in [0.05, 0.1) is 11.6 Å². The number of aliphatic carboxylic acids is 2. The van der Waals surface area contributed by atoms with Crippen LogP contribution in [-0.4, -0.2) is 51.0 Å². The zero-order chi connectivity index (χ0) is 17.1. The molecule has 1 aromatic heterocycles. The zero-order valence-corrected chi connectivity index (χ0v) is 12.7. The summed E-state index contributed by atoms with van der Waals surface area (Å²) in [5, 5.41) is 23.5. The molecule has 2 saturated heterocycles. The van der Waals surface area contributed by atoms with Crippen molar-refractivity contribution >= 4 is 17.7 Å². The van der Waals surface area contributed by atoms with Crippen molar-refractivity contribution in [3.8, 4) is 0 Å². The lowest BCUT2D eigenvalue weighted by Crippen LogP contribution is -2.34. The Morgan fingerprint density at radius 3 is 2.50 bits per heavy atom. The van der Waals surface area contributed by atoms with Crippen molar-refractivity contribution in [3.05, 3.63) is 42.2 Å². The molecule has 3 aliphatic heterocycles. The van der Waals surface area contributed by atoms with Crippen LogP contribution in [0.3, 0.4) is 0 Å². The lowest BCUT2D eigenvalue weighted by atomic mass is 9.83. The van der Waals surface area contributed by atoms with Crippen LogP contribution in [0.4, 0.5) is 0 Å². The van der Waals surface area contributed by atoms with E-state index in [0.717, 1.165) is 11.4 Å². The summed E-state index contributed by atoms with van der Waals surface area (Å²) in [6.45, 7) is 0. The Morgan fingerprint density at radius 2 is 1.88 bits per heavy atom. The highest BCUT2D eigenvalue weighted by Crippen LogP contribution is 2.40. The van der Waals surface area contributed by atoms with E-state index in [4.69, 9.17) is 15.1 Å². The summed E-state index contributed by atoms with van der Waals surface area (Å²) in [6, 6.07) is 6.98. The molecule has 2 bridgehead atoms. The minimum atomic E-state index is -1.26. The van der Waals surface area contributed by atoms with Crippen LogP contribution in [0.25, 0.3) is 0 Å². The molecule has 1 aromatic rings. The van der Waals surface area contributed by atoms with Gasteiger partial charge in [-0.05, 0) is 25.0 Å². The van der Waals surface area contributed by atoms with Gasteiger partial charge in [0.1, 0.15) is 5.71 Å². The molecule has 8 nitrogen and oxygen atoms in total. The molecule has 126 valence electrons. The second-order valence-corrected chi connectivity index (χ2v) is 5.75. The van der Waals surface area contributed by atoms with Crippen molar-refractivity contribution < 1.29 is 24.6 Å². The number of aromatic nitrogens is 1. The SMILES string of the molecule is O=C(O)/C=C/C(=O)O.c1ccc(C2=NO[C@@H]3[C@H]2[C@H]2CC[C@@H]3N2)nc1. The summed E-state index contributed by atoms with van der Waals surface area (Å²) in [6.07, 6.45) is 5.63. The van der Waals surface area contributed by atoms with Gasteiger partial charge in [0.25, 0.3) is 0 Å². The van der Waals surface area contributed by atoms with E-state index < -0.39 is 11.9 Å². The first kappa shape index (κ1) is 16.1. The zero-order valence-electron chi connectivity index (χ0n) is 12.7. The molecule has 0 aliphatic carbocycles. The molecule has 0 radical (unpaired) electrons. The van der Waals surface area contributed by atoms with Gasteiger partial charge in [0.15, 0.2) is 6.10 Å². The van der Waals surface area contributed by atoms with Crippen molar-refractivity contribution in [2.75, 3.05) is 0 Å². The summed E-state index contributed by atoms with van der Waals surface area (Å²) < 4.78 is 0. The Balaban J connectivity index is 0.000000183. The van der Waals surface area contributed by atoms with Crippen molar-refractivity contribution in [1.29, 1.82) is 0 Å². The monoisotopic (exact) mass is 331 g/mol. The standard InChI is InChI=1S/C12H13N3O.C4H4O4/c1-2-6-13-8(3-1)11-10-7-4-5-9(14-7)12(10)16-15-11;5-3(6)1-2-4(7)8/h1-3,6-7,9-10,12,14H,4-5H2;1-2H,(H,5,6)(H,7,8)/b;2-1+/t7-,9+,10+,12+;/m1./s1. The molecule has 0 saturated carbocycles. The third-order valence-corrected chi connectivity index (χ3v) is 4.29. The Morgan fingerprint density at radius 1 is 1.17 bits per heavy atom. The summed E-state index contributed by atoms with van der Waals surface area (Å²) >= 11 is 0. The summed E-state index contributed by atoms with van der Waals surface area (Å²) in [5.41, 5.74) is 2.00. The van der Waals surface area contributed by atoms with Crippen LogP contribution in [0, 0.1) is 5.92 Å². The maximum Gasteiger partial charge on any atom is 0.328 e. The average molecular weight is 331 g/mol. The molecule has 4 rings (SSSR count). The molecular formula is C16H17N3O5. The van der Waals surface area contributed by atoms with Crippen LogP contribution in [0.5, 0.6) is 0 Å². The number of carboxylic acids is 2. The summed E-state index contributed by atoms with van der Waals surface area (Å²) in [5.74, 6) is -2.10. The Bertz CT molecular complexity index is 672. The second-order valence-electron chi connectivity index (χ2n) is 5.75. The molecule has 24 heavy (non-hydrogen) atoms. The van der Waals surface area contributed by atoms with Crippen molar-refractivity contribution in [2.24, 2.45) is 11.1 Å². The molecule has 0 amide bonds. The van der Waals surface area contributed by atoms with Crippen LogP contribution >= 0.6 is 0 Å². The maximum absolute atomic E-state index is 9.55. The van der Waals surface area contributed by atoms with Gasteiger partial charge >= 0.3 is 11.9 Å². The highest BCUT2D eigenvalue weighted by molar-refractivity contribution is 6.02. The molecule has 0 spiro atoms. The van der Waals surface area contributed by atoms with Crippen LogP contribution in [0.15, 0.2) is 41.7 Å². The van der Waals surface area contributed by atoms with E-state index in [-0.39, 0.29) is 6.10 Å². The predicted octanol–water partition coefficient (Wildman–Crippen LogP) is 0.647. The van der Waals surface area contributed by atoms with Crippen LogP contribution in [0.1, 0.15) is 18.5 Å². The number of rotatable bonds is 3. The van der Waals surface area contributed by atoms with Gasteiger partial charge in [-0.15, -0.1) is 0 Å². The normalized spacial score (nSPS) is 29.4. The first-order chi connectivity index (χ1) is 11.6. The minimum Gasteiger partial charge on any atom is -0.478 e. The third kappa shape index (κ3) is 3.28. The molecular weight excluding hydrogens is 314 g/mol. The number of oxime groups is 1. The lowest BCUT2D eigenvalue weighted by molar-refractivity contribution is -0.134. The topological polar surface area (TPSA) is 121 Å². The Kier molecular flexibility index (Phi) is 4.57. The highest BCUT2D eigenvalue weighted by atomic mass is 16.6. The van der Waals surface area contributed by atoms with Gasteiger partial charge in [-0.1, -0.05) is 11.2 Å². The van der Waals surface area contributed by atoms with Crippen LogP contribution in [0.2, 0.25) is 0 Å². The molecule has 3 N–H and O–H groups in total. The molecule has 0 aromatic carbocycles.